The number of nitrogens with two attached hydrogens (primary N) is 1. The summed E-state index contributed by atoms with van der Waals surface area (Å²) in [5, 5.41) is 9.45. The van der Waals surface area contributed by atoms with Crippen molar-refractivity contribution in [3.8, 4) is 0 Å². The van der Waals surface area contributed by atoms with Gasteiger partial charge >= 0.3 is 5.97 Å². The summed E-state index contributed by atoms with van der Waals surface area (Å²) in [6, 6.07) is 6.46. The summed E-state index contributed by atoms with van der Waals surface area (Å²) in [6.45, 7) is 1.65. The summed E-state index contributed by atoms with van der Waals surface area (Å²) in [5.41, 5.74) is 6.04. The number of benzene rings is 1. The third-order valence-electron chi connectivity index (χ3n) is 2.82. The number of rotatable bonds is 6. The van der Waals surface area contributed by atoms with Crippen LogP contribution in [-0.4, -0.2) is 30.1 Å². The lowest BCUT2D eigenvalue weighted by Crippen LogP contribution is -2.42. The third kappa shape index (κ3) is 4.22. The van der Waals surface area contributed by atoms with Gasteiger partial charge in [-0.1, -0.05) is 18.5 Å². The molecule has 0 radical (unpaired) electrons. The van der Waals surface area contributed by atoms with E-state index in [1.54, 1.807) is 24.3 Å². The predicted molar refractivity (Wildman–Crippen MR) is 74.3 cm³/mol. The maximum absolute atomic E-state index is 12.3. The zero-order valence-electron chi connectivity index (χ0n) is 10.7. The minimum absolute atomic E-state index is 0.193. The Morgan fingerprint density at radius 1 is 1.37 bits per heavy atom. The molecule has 5 nitrogen and oxygen atoms in total. The van der Waals surface area contributed by atoms with Crippen LogP contribution in [0.25, 0.3) is 0 Å². The van der Waals surface area contributed by atoms with E-state index < -0.39 is 12.5 Å². The van der Waals surface area contributed by atoms with Gasteiger partial charge in [0, 0.05) is 17.3 Å². The van der Waals surface area contributed by atoms with Crippen molar-refractivity contribution in [1.29, 1.82) is 0 Å². The molecule has 0 spiro atoms. The Morgan fingerprint density at radius 3 is 2.37 bits per heavy atom. The first kappa shape index (κ1) is 15.5. The standard InChI is InChI=1S/C13H17ClN2O3/c1-2-9(7-15)13(19)16(8-12(17)18)11-5-3-10(14)4-6-11/h3-6,9H,2,7-8,15H2,1H3,(H,17,18). The van der Waals surface area contributed by atoms with Crippen LogP contribution in [0.3, 0.4) is 0 Å². The topological polar surface area (TPSA) is 83.6 Å². The van der Waals surface area contributed by atoms with E-state index in [-0.39, 0.29) is 18.4 Å². The van der Waals surface area contributed by atoms with E-state index in [0.29, 0.717) is 17.1 Å². The van der Waals surface area contributed by atoms with Crippen LogP contribution in [-0.2, 0) is 9.59 Å². The summed E-state index contributed by atoms with van der Waals surface area (Å²) in [5.74, 6) is -1.74. The van der Waals surface area contributed by atoms with Gasteiger partial charge in [-0.3, -0.25) is 9.59 Å². The van der Waals surface area contributed by atoms with E-state index in [4.69, 9.17) is 22.4 Å². The molecule has 0 fully saturated rings. The second-order valence-corrected chi connectivity index (χ2v) is 4.57. The summed E-state index contributed by atoms with van der Waals surface area (Å²) in [6.07, 6.45) is 0.568. The van der Waals surface area contributed by atoms with Gasteiger partial charge in [-0.05, 0) is 30.7 Å². The number of halogens is 1. The van der Waals surface area contributed by atoms with Gasteiger partial charge < -0.3 is 15.7 Å². The molecule has 0 aliphatic rings. The molecule has 0 heterocycles. The van der Waals surface area contributed by atoms with Gasteiger partial charge in [-0.15, -0.1) is 0 Å². The minimum atomic E-state index is -1.07. The predicted octanol–water partition coefficient (Wildman–Crippen LogP) is 1.74. The van der Waals surface area contributed by atoms with Crippen molar-refractivity contribution in [2.24, 2.45) is 11.7 Å². The fourth-order valence-corrected chi connectivity index (χ4v) is 1.84. The fraction of sp³-hybridized carbons (Fsp3) is 0.385. The molecule has 6 heteroatoms. The summed E-state index contributed by atoms with van der Waals surface area (Å²) >= 11 is 5.78. The van der Waals surface area contributed by atoms with Crippen LogP contribution < -0.4 is 10.6 Å². The number of aliphatic carboxylic acids is 1. The Balaban J connectivity index is 3.03. The molecule has 1 aromatic rings. The normalized spacial score (nSPS) is 11.9. The molecule has 1 rings (SSSR count). The minimum Gasteiger partial charge on any atom is -0.480 e. The van der Waals surface area contributed by atoms with Crippen LogP contribution >= 0.6 is 11.6 Å². The zero-order valence-corrected chi connectivity index (χ0v) is 11.4. The number of anilines is 1. The molecule has 0 saturated heterocycles. The molecule has 3 N–H and O–H groups in total. The van der Waals surface area contributed by atoms with Gasteiger partial charge in [-0.25, -0.2) is 0 Å². The Labute approximate surface area is 117 Å². The highest BCUT2D eigenvalue weighted by Crippen LogP contribution is 2.20. The number of nitrogens with zero attached hydrogens (tertiary/aromatic N) is 1. The van der Waals surface area contributed by atoms with Crippen molar-refractivity contribution in [1.82, 2.24) is 0 Å². The lowest BCUT2D eigenvalue weighted by Gasteiger charge is -2.25. The van der Waals surface area contributed by atoms with Crippen LogP contribution in [0.4, 0.5) is 5.69 Å². The number of carboxylic acid groups (broad SMARTS) is 1. The van der Waals surface area contributed by atoms with Crippen LogP contribution in [0.15, 0.2) is 24.3 Å². The maximum atomic E-state index is 12.3. The first-order valence-corrected chi connectivity index (χ1v) is 6.36. The van der Waals surface area contributed by atoms with Gasteiger partial charge in [0.05, 0.1) is 5.92 Å². The molecule has 104 valence electrons. The van der Waals surface area contributed by atoms with Crippen molar-refractivity contribution < 1.29 is 14.7 Å². The number of carboxylic acids is 1. The van der Waals surface area contributed by atoms with E-state index in [0.717, 1.165) is 0 Å². The molecular formula is C13H17ClN2O3. The van der Waals surface area contributed by atoms with E-state index in [1.807, 2.05) is 6.92 Å². The number of hydrogen-bond acceptors (Lipinski definition) is 3. The highest BCUT2D eigenvalue weighted by Gasteiger charge is 2.24. The first-order valence-electron chi connectivity index (χ1n) is 5.98. The second-order valence-electron chi connectivity index (χ2n) is 4.14. The highest BCUT2D eigenvalue weighted by molar-refractivity contribution is 6.30. The zero-order chi connectivity index (χ0) is 14.4. The smallest absolute Gasteiger partial charge is 0.323 e. The van der Waals surface area contributed by atoms with Gasteiger partial charge in [-0.2, -0.15) is 0 Å². The molecule has 1 amide bonds. The molecule has 0 aromatic heterocycles. The SMILES string of the molecule is CCC(CN)C(=O)N(CC(=O)O)c1ccc(Cl)cc1. The quantitative estimate of drug-likeness (QED) is 0.833. The molecule has 1 unspecified atom stereocenters. The average molecular weight is 285 g/mol. The molecule has 1 atom stereocenters. The van der Waals surface area contributed by atoms with Gasteiger partial charge in [0.25, 0.3) is 0 Å². The van der Waals surface area contributed by atoms with Gasteiger partial charge in [0.15, 0.2) is 0 Å². The van der Waals surface area contributed by atoms with Crippen LogP contribution in [0.2, 0.25) is 5.02 Å². The number of hydrogen-bond donors (Lipinski definition) is 2. The molecule has 0 aliphatic carbocycles. The van der Waals surface area contributed by atoms with Crippen molar-refractivity contribution >= 4 is 29.2 Å². The Hall–Kier alpha value is -1.59. The van der Waals surface area contributed by atoms with Crippen LogP contribution in [0.5, 0.6) is 0 Å². The van der Waals surface area contributed by atoms with E-state index in [2.05, 4.69) is 0 Å². The molecule has 0 bridgehead atoms. The Bertz CT molecular complexity index is 444. The first-order chi connectivity index (χ1) is 8.99. The second kappa shape index (κ2) is 7.11. The van der Waals surface area contributed by atoms with Gasteiger partial charge in [0.1, 0.15) is 6.54 Å². The number of carbonyl (C=O) groups excluding carboxylic acids is 1. The Morgan fingerprint density at radius 2 is 1.95 bits per heavy atom. The van der Waals surface area contributed by atoms with Crippen molar-refractivity contribution in [3.63, 3.8) is 0 Å². The monoisotopic (exact) mass is 284 g/mol. The fourth-order valence-electron chi connectivity index (χ4n) is 1.72. The summed E-state index contributed by atoms with van der Waals surface area (Å²) in [7, 11) is 0. The number of amides is 1. The molecule has 1 aromatic carbocycles. The summed E-state index contributed by atoms with van der Waals surface area (Å²) in [4.78, 5) is 24.4. The van der Waals surface area contributed by atoms with Crippen LogP contribution in [0, 0.1) is 5.92 Å². The highest BCUT2D eigenvalue weighted by atomic mass is 35.5. The average Bonchev–Trinajstić information content (AvgIpc) is 2.38. The van der Waals surface area contributed by atoms with E-state index in [1.165, 1.54) is 4.90 Å². The van der Waals surface area contributed by atoms with Crippen molar-refractivity contribution in [2.45, 2.75) is 13.3 Å². The van der Waals surface area contributed by atoms with Crippen LogP contribution in [0.1, 0.15) is 13.3 Å². The molecular weight excluding hydrogens is 268 g/mol. The molecule has 0 saturated carbocycles. The lowest BCUT2D eigenvalue weighted by atomic mass is 10.0. The molecule has 0 aliphatic heterocycles. The van der Waals surface area contributed by atoms with Crippen molar-refractivity contribution in [3.05, 3.63) is 29.3 Å². The summed E-state index contributed by atoms with van der Waals surface area (Å²) < 4.78 is 0. The van der Waals surface area contributed by atoms with E-state index in [9.17, 15) is 9.59 Å². The third-order valence-corrected chi connectivity index (χ3v) is 3.08. The molecule has 19 heavy (non-hydrogen) atoms. The number of carbonyl (C=O) groups is 2. The maximum Gasteiger partial charge on any atom is 0.323 e. The lowest BCUT2D eigenvalue weighted by molar-refractivity contribution is -0.137. The van der Waals surface area contributed by atoms with Gasteiger partial charge in [0.2, 0.25) is 5.91 Å². The van der Waals surface area contributed by atoms with Crippen molar-refractivity contribution in [2.75, 3.05) is 18.0 Å². The van der Waals surface area contributed by atoms with E-state index >= 15 is 0 Å². The Kier molecular flexibility index (Phi) is 5.79. The largest absolute Gasteiger partial charge is 0.480 e.